The second-order valence-corrected chi connectivity index (χ2v) is 5.04. The summed E-state index contributed by atoms with van der Waals surface area (Å²) in [4.78, 5) is 0. The summed E-state index contributed by atoms with van der Waals surface area (Å²) < 4.78 is 122. The molecular formula is C15H8F9NO. The number of halogens is 9. The van der Waals surface area contributed by atoms with Crippen LogP contribution in [0.1, 0.15) is 16.7 Å². The van der Waals surface area contributed by atoms with Crippen LogP contribution in [0.2, 0.25) is 0 Å². The fourth-order valence-corrected chi connectivity index (χ4v) is 2.08. The average molecular weight is 389 g/mol. The van der Waals surface area contributed by atoms with Gasteiger partial charge in [0.1, 0.15) is 16.9 Å². The zero-order chi connectivity index (χ0) is 19.9. The third kappa shape index (κ3) is 4.14. The number of hydrogen-bond donors (Lipinski definition) is 1. The Morgan fingerprint density at radius 3 is 1.50 bits per heavy atom. The van der Waals surface area contributed by atoms with Crippen LogP contribution in [0.15, 0.2) is 36.4 Å². The van der Waals surface area contributed by atoms with Crippen molar-refractivity contribution in [2.45, 2.75) is 18.5 Å². The van der Waals surface area contributed by atoms with Gasteiger partial charge in [-0.2, -0.15) is 39.5 Å². The van der Waals surface area contributed by atoms with Crippen molar-refractivity contribution < 1.29 is 44.3 Å². The number of rotatable bonds is 2. The van der Waals surface area contributed by atoms with Crippen LogP contribution in [0.25, 0.3) is 0 Å². The molecule has 11 heteroatoms. The van der Waals surface area contributed by atoms with E-state index in [0.29, 0.717) is 12.1 Å². The van der Waals surface area contributed by atoms with Gasteiger partial charge in [0.15, 0.2) is 5.75 Å². The van der Waals surface area contributed by atoms with Crippen LogP contribution >= 0.6 is 0 Å². The number of benzene rings is 2. The van der Waals surface area contributed by atoms with Crippen molar-refractivity contribution >= 4 is 5.69 Å². The van der Waals surface area contributed by atoms with Gasteiger partial charge in [0.25, 0.3) is 0 Å². The van der Waals surface area contributed by atoms with Crippen LogP contribution in [0.4, 0.5) is 45.2 Å². The first-order chi connectivity index (χ1) is 11.7. The smallest absolute Gasteiger partial charge is 0.420 e. The molecule has 0 saturated carbocycles. The number of alkyl halides is 9. The van der Waals surface area contributed by atoms with Crippen molar-refractivity contribution in [3.05, 3.63) is 53.1 Å². The van der Waals surface area contributed by atoms with E-state index in [1.165, 1.54) is 0 Å². The van der Waals surface area contributed by atoms with Gasteiger partial charge in [0, 0.05) is 5.69 Å². The molecule has 2 nitrogen and oxygen atoms in total. The molecule has 0 unspecified atom stereocenters. The second-order valence-electron chi connectivity index (χ2n) is 5.04. The van der Waals surface area contributed by atoms with Crippen molar-refractivity contribution in [2.24, 2.45) is 0 Å². The Kier molecular flexibility index (Phi) is 4.77. The lowest BCUT2D eigenvalue weighted by Crippen LogP contribution is -2.16. The lowest BCUT2D eigenvalue weighted by molar-refractivity contribution is -0.145. The van der Waals surface area contributed by atoms with Crippen molar-refractivity contribution in [1.29, 1.82) is 0 Å². The van der Waals surface area contributed by atoms with Crippen molar-refractivity contribution in [2.75, 3.05) is 5.73 Å². The number of nitrogen functional groups attached to an aromatic ring is 1. The van der Waals surface area contributed by atoms with Gasteiger partial charge in [-0.25, -0.2) is 0 Å². The van der Waals surface area contributed by atoms with Gasteiger partial charge in [-0.1, -0.05) is 12.1 Å². The van der Waals surface area contributed by atoms with Gasteiger partial charge in [-0.05, 0) is 24.3 Å². The molecule has 0 aliphatic carbocycles. The molecule has 142 valence electrons. The molecule has 0 aromatic heterocycles. The van der Waals surface area contributed by atoms with Gasteiger partial charge < -0.3 is 10.5 Å². The first kappa shape index (κ1) is 19.7. The normalized spacial score (nSPS) is 13.0. The summed E-state index contributed by atoms with van der Waals surface area (Å²) in [5, 5.41) is 0. The summed E-state index contributed by atoms with van der Waals surface area (Å²) in [6.07, 6.45) is -15.8. The summed E-state index contributed by atoms with van der Waals surface area (Å²) in [7, 11) is 0. The van der Waals surface area contributed by atoms with Crippen LogP contribution in [-0.2, 0) is 18.5 Å². The van der Waals surface area contributed by atoms with Crippen LogP contribution in [0.5, 0.6) is 11.5 Å². The van der Waals surface area contributed by atoms with Gasteiger partial charge in [0.2, 0.25) is 0 Å². The van der Waals surface area contributed by atoms with Gasteiger partial charge in [-0.3, -0.25) is 0 Å². The molecule has 0 spiro atoms. The summed E-state index contributed by atoms with van der Waals surface area (Å²) in [6.45, 7) is 0. The first-order valence-electron chi connectivity index (χ1n) is 6.63. The van der Waals surface area contributed by atoms with Gasteiger partial charge >= 0.3 is 18.5 Å². The highest BCUT2D eigenvalue weighted by atomic mass is 19.4. The third-order valence-electron chi connectivity index (χ3n) is 3.13. The van der Waals surface area contributed by atoms with Crippen LogP contribution in [0, 0.1) is 0 Å². The highest BCUT2D eigenvalue weighted by molar-refractivity contribution is 5.57. The molecule has 2 rings (SSSR count). The minimum atomic E-state index is -5.35. The molecule has 2 aromatic carbocycles. The quantitative estimate of drug-likeness (QED) is 0.496. The molecule has 0 saturated heterocycles. The van der Waals surface area contributed by atoms with E-state index in [2.05, 4.69) is 4.74 Å². The lowest BCUT2D eigenvalue weighted by Gasteiger charge is -2.21. The van der Waals surface area contributed by atoms with Crippen LogP contribution in [0.3, 0.4) is 0 Å². The highest BCUT2D eigenvalue weighted by Crippen LogP contribution is 2.48. The molecule has 26 heavy (non-hydrogen) atoms. The Labute approximate surface area is 140 Å². The monoisotopic (exact) mass is 389 g/mol. The number of para-hydroxylation sites is 1. The maximum absolute atomic E-state index is 13.1. The van der Waals surface area contributed by atoms with Crippen LogP contribution in [-0.4, -0.2) is 0 Å². The van der Waals surface area contributed by atoms with Crippen molar-refractivity contribution in [3.63, 3.8) is 0 Å². The van der Waals surface area contributed by atoms with E-state index in [-0.39, 0.29) is 12.1 Å². The fourth-order valence-electron chi connectivity index (χ4n) is 2.08. The van der Waals surface area contributed by atoms with Crippen LogP contribution < -0.4 is 10.5 Å². The molecule has 2 aromatic rings. The van der Waals surface area contributed by atoms with Crippen molar-refractivity contribution in [1.82, 2.24) is 0 Å². The highest BCUT2D eigenvalue weighted by Gasteiger charge is 2.43. The number of nitrogens with two attached hydrogens (primary N) is 1. The molecule has 0 aliphatic rings. The number of ether oxygens (including phenoxy) is 1. The molecule has 0 radical (unpaired) electrons. The molecule has 0 amide bonds. The number of anilines is 1. The Bertz CT molecular complexity index is 771. The zero-order valence-corrected chi connectivity index (χ0v) is 12.4. The standard InChI is InChI=1S/C15H8F9NO/c16-13(17,18)8-3-1-2-4-11(8)26-12-9(14(19,20)21)5-7(25)6-10(12)15(22,23)24/h1-6H,25H2. The van der Waals surface area contributed by atoms with Crippen molar-refractivity contribution in [3.8, 4) is 11.5 Å². The van der Waals surface area contributed by atoms with E-state index in [1.807, 2.05) is 0 Å². The Balaban J connectivity index is 2.74. The summed E-state index contributed by atoms with van der Waals surface area (Å²) in [5.41, 5.74) is -1.21. The minimum Gasteiger partial charge on any atom is -0.455 e. The topological polar surface area (TPSA) is 35.2 Å². The Hall–Kier alpha value is -2.59. The molecule has 0 aliphatic heterocycles. The molecule has 0 bridgehead atoms. The predicted octanol–water partition coefficient (Wildman–Crippen LogP) is 6.12. The summed E-state index contributed by atoms with van der Waals surface area (Å²) in [6, 6.07) is 3.27. The molecule has 0 heterocycles. The Morgan fingerprint density at radius 1 is 0.654 bits per heavy atom. The van der Waals surface area contributed by atoms with Gasteiger partial charge in [0.05, 0.1) is 5.56 Å². The minimum absolute atomic E-state index is 0.154. The van der Waals surface area contributed by atoms with Gasteiger partial charge in [-0.15, -0.1) is 0 Å². The SMILES string of the molecule is Nc1cc(C(F)(F)F)c(Oc2ccccc2C(F)(F)F)c(C(F)(F)F)c1. The summed E-state index contributed by atoms with van der Waals surface area (Å²) in [5.74, 6) is -3.02. The Morgan fingerprint density at radius 2 is 1.08 bits per heavy atom. The lowest BCUT2D eigenvalue weighted by atomic mass is 10.1. The van der Waals surface area contributed by atoms with E-state index in [4.69, 9.17) is 5.73 Å². The molecular weight excluding hydrogens is 381 g/mol. The maximum Gasteiger partial charge on any atom is 0.420 e. The van der Waals surface area contributed by atoms with E-state index < -0.39 is 52.4 Å². The summed E-state index contributed by atoms with van der Waals surface area (Å²) >= 11 is 0. The zero-order valence-electron chi connectivity index (χ0n) is 12.4. The van der Waals surface area contributed by atoms with E-state index in [9.17, 15) is 39.5 Å². The first-order valence-corrected chi connectivity index (χ1v) is 6.63. The predicted molar refractivity (Wildman–Crippen MR) is 72.4 cm³/mol. The number of hydrogen-bond acceptors (Lipinski definition) is 2. The third-order valence-corrected chi connectivity index (χ3v) is 3.13. The largest absolute Gasteiger partial charge is 0.455 e. The molecule has 0 atom stereocenters. The van der Waals surface area contributed by atoms with E-state index in [0.717, 1.165) is 12.1 Å². The maximum atomic E-state index is 13.1. The van der Waals surface area contributed by atoms with E-state index in [1.54, 1.807) is 0 Å². The average Bonchev–Trinajstić information content (AvgIpc) is 2.46. The van der Waals surface area contributed by atoms with E-state index >= 15 is 0 Å². The fraction of sp³-hybridized carbons (Fsp3) is 0.200. The molecule has 0 fully saturated rings. The second kappa shape index (κ2) is 6.29. The molecule has 2 N–H and O–H groups in total.